The summed E-state index contributed by atoms with van der Waals surface area (Å²) in [6.45, 7) is 1.64. The van der Waals surface area contributed by atoms with Gasteiger partial charge in [0, 0.05) is 51.0 Å². The highest BCUT2D eigenvalue weighted by molar-refractivity contribution is 6.45. The van der Waals surface area contributed by atoms with Gasteiger partial charge in [-0.3, -0.25) is 14.4 Å². The second kappa shape index (κ2) is 10.9. The Labute approximate surface area is 219 Å². The lowest BCUT2D eigenvalue weighted by Crippen LogP contribution is -2.52. The normalized spacial score (nSPS) is 15.5. The molecule has 2 aliphatic rings. The second-order valence-corrected chi connectivity index (χ2v) is 8.93. The summed E-state index contributed by atoms with van der Waals surface area (Å²) in [4.78, 5) is 50.1. The fourth-order valence-electron chi connectivity index (χ4n) is 4.67. The van der Waals surface area contributed by atoms with E-state index in [1.807, 2.05) is 30.4 Å². The molecule has 3 aromatic rings. The predicted octanol–water partition coefficient (Wildman–Crippen LogP) is 1.85. The minimum absolute atomic E-state index is 0.0274. The molecule has 0 unspecified atom stereocenters. The van der Waals surface area contributed by atoms with Gasteiger partial charge in [-0.15, -0.1) is 0 Å². The molecule has 5 rings (SSSR count). The highest BCUT2D eigenvalue weighted by Gasteiger charge is 2.31. The van der Waals surface area contributed by atoms with Crippen LogP contribution in [0, 0.1) is 0 Å². The Kier molecular flexibility index (Phi) is 7.18. The van der Waals surface area contributed by atoms with Crippen molar-refractivity contribution < 1.29 is 24.2 Å². The molecule has 196 valence electrons. The molecule has 2 aliphatic heterocycles. The molecule has 0 saturated carbocycles. The number of allylic oxidation sites excluding steroid dienone is 1. The number of aliphatic hydroxyl groups is 1. The molecule has 0 spiro atoms. The lowest BCUT2D eigenvalue weighted by atomic mass is 10.1. The molecule has 11 heteroatoms. The zero-order chi connectivity index (χ0) is 26.6. The van der Waals surface area contributed by atoms with E-state index in [1.165, 1.54) is 24.4 Å². The van der Waals surface area contributed by atoms with Crippen LogP contribution in [0.15, 0.2) is 60.0 Å². The van der Waals surface area contributed by atoms with Crippen molar-refractivity contribution in [3.63, 3.8) is 0 Å². The number of hydrogen-bond acceptors (Lipinski definition) is 8. The maximum absolute atomic E-state index is 13.4. The number of hydrazone groups is 1. The number of anilines is 1. The number of aliphatic hydroxyl groups excluding tert-OH is 1. The number of methoxy groups -OCH3 is 1. The number of nitrogens with zero attached hydrogens (tertiary/aromatic N) is 5. The molecule has 38 heavy (non-hydrogen) atoms. The molecule has 4 heterocycles. The standard InChI is InChI=1S/C27H28N6O5/c1-38-21-17-29-25(33-10-5-8-19(30-33)9-15-34)23-22(21)20(16-28-23)24(35)27(37)32-13-11-31(12-14-32)26(36)18-6-3-2-4-7-18/h2-8,16-17,28,34H,9-15H2,1H3. The SMILES string of the molecule is COc1cnc(N2CC=CC(CCO)=N2)c2[nH]cc(C(=O)C(=O)N3CCN(C(=O)c4ccccc4)CC3)c12. The number of benzene rings is 1. The Balaban J connectivity index is 1.36. The van der Waals surface area contributed by atoms with Gasteiger partial charge >= 0.3 is 0 Å². The van der Waals surface area contributed by atoms with Crippen LogP contribution in [0.25, 0.3) is 10.9 Å². The molecule has 0 radical (unpaired) electrons. The van der Waals surface area contributed by atoms with Crippen LogP contribution in [0.5, 0.6) is 5.75 Å². The topological polar surface area (TPSA) is 131 Å². The van der Waals surface area contributed by atoms with Crippen molar-refractivity contribution in [2.24, 2.45) is 5.10 Å². The van der Waals surface area contributed by atoms with Crippen molar-refractivity contribution in [2.45, 2.75) is 6.42 Å². The fourth-order valence-corrected chi connectivity index (χ4v) is 4.67. The summed E-state index contributed by atoms with van der Waals surface area (Å²) in [7, 11) is 1.48. The van der Waals surface area contributed by atoms with E-state index in [0.29, 0.717) is 59.8 Å². The van der Waals surface area contributed by atoms with Crippen molar-refractivity contribution in [1.82, 2.24) is 19.8 Å². The second-order valence-electron chi connectivity index (χ2n) is 8.93. The van der Waals surface area contributed by atoms with Crippen molar-refractivity contribution in [3.8, 4) is 5.75 Å². The van der Waals surface area contributed by atoms with E-state index in [4.69, 9.17) is 4.74 Å². The number of ether oxygens (including phenoxy) is 1. The molecule has 2 amide bonds. The third kappa shape index (κ3) is 4.75. The van der Waals surface area contributed by atoms with Crippen molar-refractivity contribution in [1.29, 1.82) is 0 Å². The van der Waals surface area contributed by atoms with Gasteiger partial charge in [0.15, 0.2) is 5.82 Å². The highest BCUT2D eigenvalue weighted by atomic mass is 16.5. The first-order valence-corrected chi connectivity index (χ1v) is 12.4. The minimum atomic E-state index is -0.669. The summed E-state index contributed by atoms with van der Waals surface area (Å²) in [6.07, 6.45) is 7.16. The van der Waals surface area contributed by atoms with Crippen LogP contribution in [0.1, 0.15) is 27.1 Å². The van der Waals surface area contributed by atoms with Crippen LogP contribution in [-0.4, -0.2) is 94.6 Å². The van der Waals surface area contributed by atoms with E-state index >= 15 is 0 Å². The molecule has 11 nitrogen and oxygen atoms in total. The zero-order valence-corrected chi connectivity index (χ0v) is 21.0. The van der Waals surface area contributed by atoms with Gasteiger partial charge in [-0.05, 0) is 18.2 Å². The molecular formula is C27H28N6O5. The number of piperazine rings is 1. The third-order valence-electron chi connectivity index (χ3n) is 6.64. The Morgan fingerprint density at radius 3 is 2.53 bits per heavy atom. The first-order chi connectivity index (χ1) is 18.5. The Morgan fingerprint density at radius 1 is 1.08 bits per heavy atom. The number of carbonyl (C=O) groups excluding carboxylic acids is 3. The van der Waals surface area contributed by atoms with E-state index in [0.717, 1.165) is 0 Å². The van der Waals surface area contributed by atoms with E-state index in [1.54, 1.807) is 22.0 Å². The molecule has 2 N–H and O–H groups in total. The number of fused-ring (bicyclic) bond motifs is 1. The van der Waals surface area contributed by atoms with Crippen LogP contribution in [0.4, 0.5) is 5.82 Å². The Morgan fingerprint density at radius 2 is 1.82 bits per heavy atom. The molecule has 0 aliphatic carbocycles. The number of rotatable bonds is 7. The summed E-state index contributed by atoms with van der Waals surface area (Å²) in [5.41, 5.74) is 1.99. The number of aromatic nitrogens is 2. The number of H-pyrrole nitrogens is 1. The van der Waals surface area contributed by atoms with E-state index in [2.05, 4.69) is 15.1 Å². The Hall–Kier alpha value is -4.51. The lowest BCUT2D eigenvalue weighted by molar-refractivity contribution is -0.127. The quantitative estimate of drug-likeness (QED) is 0.362. The summed E-state index contributed by atoms with van der Waals surface area (Å²) in [5.74, 6) is -0.575. The van der Waals surface area contributed by atoms with Gasteiger partial charge in [0.1, 0.15) is 5.75 Å². The predicted molar refractivity (Wildman–Crippen MR) is 142 cm³/mol. The van der Waals surface area contributed by atoms with E-state index in [-0.39, 0.29) is 31.2 Å². The van der Waals surface area contributed by atoms with Crippen molar-refractivity contribution >= 4 is 40.0 Å². The van der Waals surface area contributed by atoms with Crippen LogP contribution >= 0.6 is 0 Å². The van der Waals surface area contributed by atoms with Crippen LogP contribution in [0.3, 0.4) is 0 Å². The van der Waals surface area contributed by atoms with Gasteiger partial charge < -0.3 is 24.6 Å². The number of nitrogens with one attached hydrogen (secondary N) is 1. The first kappa shape index (κ1) is 25.2. The zero-order valence-electron chi connectivity index (χ0n) is 21.0. The third-order valence-corrected chi connectivity index (χ3v) is 6.64. The molecule has 1 aromatic carbocycles. The highest BCUT2D eigenvalue weighted by Crippen LogP contribution is 2.35. The molecule has 2 aromatic heterocycles. The first-order valence-electron chi connectivity index (χ1n) is 12.4. The number of ketones is 1. The van der Waals surface area contributed by atoms with Gasteiger partial charge in [0.2, 0.25) is 0 Å². The maximum atomic E-state index is 13.4. The number of hydrogen-bond donors (Lipinski definition) is 2. The van der Waals surface area contributed by atoms with Crippen LogP contribution < -0.4 is 9.75 Å². The van der Waals surface area contributed by atoms with Gasteiger partial charge in [-0.1, -0.05) is 24.3 Å². The monoisotopic (exact) mass is 516 g/mol. The number of carbonyl (C=O) groups is 3. The number of aromatic amines is 1. The molecule has 1 saturated heterocycles. The number of amides is 2. The summed E-state index contributed by atoms with van der Waals surface area (Å²) < 4.78 is 5.48. The summed E-state index contributed by atoms with van der Waals surface area (Å²) in [6, 6.07) is 8.99. The fraction of sp³-hybridized carbons (Fsp3) is 0.296. The van der Waals surface area contributed by atoms with Crippen molar-refractivity contribution in [3.05, 3.63) is 66.0 Å². The molecule has 1 fully saturated rings. The number of Topliss-reactive ketones (excluding diaryl/α,β-unsaturated/α-hetero) is 1. The van der Waals surface area contributed by atoms with E-state index < -0.39 is 11.7 Å². The molecule has 0 atom stereocenters. The van der Waals surface area contributed by atoms with Crippen LogP contribution in [-0.2, 0) is 4.79 Å². The maximum Gasteiger partial charge on any atom is 0.295 e. The molecular weight excluding hydrogens is 488 g/mol. The smallest absolute Gasteiger partial charge is 0.295 e. The van der Waals surface area contributed by atoms with Gasteiger partial charge in [-0.25, -0.2) is 9.99 Å². The largest absolute Gasteiger partial charge is 0.494 e. The average Bonchev–Trinajstić information content (AvgIpc) is 3.42. The van der Waals surface area contributed by atoms with Gasteiger partial charge in [0.05, 0.1) is 42.0 Å². The average molecular weight is 517 g/mol. The van der Waals surface area contributed by atoms with E-state index in [9.17, 15) is 19.5 Å². The summed E-state index contributed by atoms with van der Waals surface area (Å²) >= 11 is 0. The van der Waals surface area contributed by atoms with Gasteiger partial charge in [0.25, 0.3) is 17.6 Å². The Bertz CT molecular complexity index is 1420. The minimum Gasteiger partial charge on any atom is -0.494 e. The van der Waals surface area contributed by atoms with Gasteiger partial charge in [-0.2, -0.15) is 5.10 Å². The van der Waals surface area contributed by atoms with Crippen molar-refractivity contribution in [2.75, 3.05) is 51.4 Å². The van der Waals surface area contributed by atoms with Crippen LogP contribution in [0.2, 0.25) is 0 Å². The summed E-state index contributed by atoms with van der Waals surface area (Å²) in [5, 5.41) is 15.9. The lowest BCUT2D eigenvalue weighted by Gasteiger charge is -2.34. The molecule has 0 bridgehead atoms. The number of pyridine rings is 1.